The number of carbonyl (C=O) groups is 1. The van der Waals surface area contributed by atoms with E-state index in [1.54, 1.807) is 38.1 Å². The minimum atomic E-state index is -4.72. The van der Waals surface area contributed by atoms with Crippen molar-refractivity contribution in [2.75, 3.05) is 32.8 Å². The maximum Gasteiger partial charge on any atom is 0.434 e. The molecule has 0 bridgehead atoms. The van der Waals surface area contributed by atoms with Crippen molar-refractivity contribution < 1.29 is 22.7 Å². The quantitative estimate of drug-likeness (QED) is 0.844. The fourth-order valence-electron chi connectivity index (χ4n) is 3.29. The number of carbonyl (C=O) groups excluding carboxylic acids is 1. The van der Waals surface area contributed by atoms with Crippen LogP contribution in [0.25, 0.3) is 5.69 Å². The summed E-state index contributed by atoms with van der Waals surface area (Å²) in [4.78, 5) is 14.7. The van der Waals surface area contributed by atoms with Gasteiger partial charge in [-0.25, -0.2) is 4.68 Å². The lowest BCUT2D eigenvalue weighted by atomic mass is 10.1. The molecule has 0 saturated carbocycles. The summed E-state index contributed by atoms with van der Waals surface area (Å²) in [5.41, 5.74) is -0.638. The number of ether oxygens (including phenoxy) is 1. The van der Waals surface area contributed by atoms with Crippen molar-refractivity contribution in [3.8, 4) is 5.69 Å². The second-order valence-corrected chi connectivity index (χ2v) is 6.89. The number of aryl methyl sites for hydroxylation is 1. The van der Waals surface area contributed by atoms with E-state index < -0.39 is 23.3 Å². The molecular formula is C19H23F3N4O2. The second kappa shape index (κ2) is 8.32. The van der Waals surface area contributed by atoms with Crippen molar-refractivity contribution in [1.82, 2.24) is 20.0 Å². The van der Waals surface area contributed by atoms with Gasteiger partial charge in [0.2, 0.25) is 0 Å². The number of benzene rings is 1. The van der Waals surface area contributed by atoms with E-state index in [0.29, 0.717) is 25.3 Å². The number of rotatable bonds is 5. The number of alkyl halides is 3. The Morgan fingerprint density at radius 2 is 1.96 bits per heavy atom. The van der Waals surface area contributed by atoms with E-state index in [1.807, 2.05) is 0 Å². The number of hydrogen-bond acceptors (Lipinski definition) is 4. The summed E-state index contributed by atoms with van der Waals surface area (Å²) in [6.07, 6.45) is -3.75. The minimum absolute atomic E-state index is 0.287. The zero-order valence-corrected chi connectivity index (χ0v) is 15.8. The molecule has 2 aromatic rings. The molecule has 0 spiro atoms. The number of para-hydroxylation sites is 1. The van der Waals surface area contributed by atoms with Crippen molar-refractivity contribution in [1.29, 1.82) is 0 Å². The maximum atomic E-state index is 13.8. The summed E-state index contributed by atoms with van der Waals surface area (Å²) in [6, 6.07) is 6.29. The first-order chi connectivity index (χ1) is 13.3. The van der Waals surface area contributed by atoms with Gasteiger partial charge in [0.25, 0.3) is 5.91 Å². The molecule has 3 rings (SSSR count). The number of amides is 1. The number of nitrogens with one attached hydrogen (secondary N) is 1. The molecule has 1 unspecified atom stereocenters. The van der Waals surface area contributed by atoms with E-state index in [-0.39, 0.29) is 11.7 Å². The van der Waals surface area contributed by atoms with Gasteiger partial charge >= 0.3 is 6.18 Å². The molecule has 6 nitrogen and oxygen atoms in total. The summed E-state index contributed by atoms with van der Waals surface area (Å²) < 4.78 is 47.4. The number of aromatic nitrogens is 2. The Bertz CT molecular complexity index is 829. The number of morpholine rings is 1. The maximum absolute atomic E-state index is 13.8. The Morgan fingerprint density at radius 3 is 2.61 bits per heavy atom. The van der Waals surface area contributed by atoms with Crippen LogP contribution in [-0.4, -0.2) is 59.5 Å². The molecule has 1 saturated heterocycles. The van der Waals surface area contributed by atoms with Gasteiger partial charge in [0.15, 0.2) is 5.69 Å². The average Bonchev–Trinajstić information content (AvgIpc) is 3.08. The molecule has 1 aromatic carbocycles. The van der Waals surface area contributed by atoms with Gasteiger partial charge in [-0.15, -0.1) is 0 Å². The van der Waals surface area contributed by atoms with Crippen molar-refractivity contribution in [2.45, 2.75) is 26.1 Å². The smallest absolute Gasteiger partial charge is 0.379 e. The second-order valence-electron chi connectivity index (χ2n) is 6.89. The van der Waals surface area contributed by atoms with Gasteiger partial charge in [0, 0.05) is 25.7 Å². The topological polar surface area (TPSA) is 59.4 Å². The van der Waals surface area contributed by atoms with E-state index in [2.05, 4.69) is 15.3 Å². The highest BCUT2D eigenvalue weighted by Crippen LogP contribution is 2.34. The third-order valence-corrected chi connectivity index (χ3v) is 4.64. The third-order valence-electron chi connectivity index (χ3n) is 4.64. The Balaban J connectivity index is 1.83. The van der Waals surface area contributed by atoms with Crippen LogP contribution in [0.2, 0.25) is 0 Å². The normalized spacial score (nSPS) is 16.8. The van der Waals surface area contributed by atoms with Crippen LogP contribution in [-0.2, 0) is 10.9 Å². The van der Waals surface area contributed by atoms with E-state index in [4.69, 9.17) is 4.74 Å². The Kier molecular flexibility index (Phi) is 6.04. The molecule has 0 aliphatic carbocycles. The highest BCUT2D eigenvalue weighted by Gasteiger charge is 2.41. The summed E-state index contributed by atoms with van der Waals surface area (Å²) in [6.45, 7) is 6.71. The van der Waals surface area contributed by atoms with E-state index in [0.717, 1.165) is 24.0 Å². The van der Waals surface area contributed by atoms with Crippen molar-refractivity contribution in [3.63, 3.8) is 0 Å². The zero-order valence-electron chi connectivity index (χ0n) is 15.8. The molecule has 28 heavy (non-hydrogen) atoms. The fourth-order valence-corrected chi connectivity index (χ4v) is 3.29. The molecule has 1 aliphatic rings. The number of halogens is 3. The van der Waals surface area contributed by atoms with Crippen molar-refractivity contribution in [3.05, 3.63) is 47.3 Å². The largest absolute Gasteiger partial charge is 0.434 e. The van der Waals surface area contributed by atoms with Crippen molar-refractivity contribution >= 4 is 5.91 Å². The highest BCUT2D eigenvalue weighted by atomic mass is 19.4. The lowest BCUT2D eigenvalue weighted by molar-refractivity contribution is -0.143. The SMILES string of the molecule is Cc1ccccc1-n1ncc(C(=O)NC(C)CN2CCOCC2)c1C(F)(F)F. The first-order valence-corrected chi connectivity index (χ1v) is 9.09. The molecular weight excluding hydrogens is 373 g/mol. The lowest BCUT2D eigenvalue weighted by Gasteiger charge is -2.29. The van der Waals surface area contributed by atoms with Crippen LogP contribution < -0.4 is 5.32 Å². The average molecular weight is 396 g/mol. The molecule has 1 N–H and O–H groups in total. The van der Waals surface area contributed by atoms with Crippen LogP contribution >= 0.6 is 0 Å². The van der Waals surface area contributed by atoms with E-state index in [9.17, 15) is 18.0 Å². The van der Waals surface area contributed by atoms with E-state index >= 15 is 0 Å². The van der Waals surface area contributed by atoms with Crippen LogP contribution in [0.15, 0.2) is 30.5 Å². The van der Waals surface area contributed by atoms with Crippen molar-refractivity contribution in [2.24, 2.45) is 0 Å². The van der Waals surface area contributed by atoms with Gasteiger partial charge in [-0.1, -0.05) is 18.2 Å². The molecule has 9 heteroatoms. The van der Waals surface area contributed by atoms with Crippen LogP contribution in [0.3, 0.4) is 0 Å². The van der Waals surface area contributed by atoms with Crippen LogP contribution in [0.5, 0.6) is 0 Å². The first-order valence-electron chi connectivity index (χ1n) is 9.09. The Morgan fingerprint density at radius 1 is 1.29 bits per heavy atom. The molecule has 152 valence electrons. The molecule has 1 aliphatic heterocycles. The molecule has 1 amide bonds. The number of hydrogen-bond donors (Lipinski definition) is 1. The monoisotopic (exact) mass is 396 g/mol. The van der Waals surface area contributed by atoms with Crippen LogP contribution in [0, 0.1) is 6.92 Å². The van der Waals surface area contributed by atoms with Gasteiger partial charge in [-0.3, -0.25) is 9.69 Å². The summed E-state index contributed by atoms with van der Waals surface area (Å²) in [5.74, 6) is -0.784. The van der Waals surface area contributed by atoms with Gasteiger partial charge in [-0.05, 0) is 25.5 Å². The predicted molar refractivity (Wildman–Crippen MR) is 97.5 cm³/mol. The summed E-state index contributed by atoms with van der Waals surface area (Å²) in [5, 5.41) is 6.53. The standard InChI is InChI=1S/C19H23F3N4O2/c1-13-5-3-4-6-16(13)26-17(19(20,21)22)15(11-23-26)18(27)24-14(2)12-25-7-9-28-10-8-25/h3-6,11,14H,7-10,12H2,1-2H3,(H,24,27). The molecule has 2 heterocycles. The molecule has 1 atom stereocenters. The van der Waals surface area contributed by atoms with Gasteiger partial charge in [0.05, 0.1) is 30.7 Å². The molecule has 1 fully saturated rings. The number of nitrogens with zero attached hydrogens (tertiary/aromatic N) is 3. The highest BCUT2D eigenvalue weighted by molar-refractivity contribution is 5.95. The first kappa shape index (κ1) is 20.3. The molecule has 0 radical (unpaired) electrons. The van der Waals surface area contributed by atoms with E-state index in [1.165, 1.54) is 0 Å². The van der Waals surface area contributed by atoms with Gasteiger partial charge in [-0.2, -0.15) is 18.3 Å². The lowest BCUT2D eigenvalue weighted by Crippen LogP contribution is -2.46. The van der Waals surface area contributed by atoms with Crippen LogP contribution in [0.4, 0.5) is 13.2 Å². The third kappa shape index (κ3) is 4.53. The predicted octanol–water partition coefficient (Wildman–Crippen LogP) is 2.65. The Hall–Kier alpha value is -2.39. The van der Waals surface area contributed by atoms with Crippen LogP contribution in [0.1, 0.15) is 28.5 Å². The van der Waals surface area contributed by atoms with Gasteiger partial charge in [0.1, 0.15) is 0 Å². The fraction of sp³-hybridized carbons (Fsp3) is 0.474. The minimum Gasteiger partial charge on any atom is -0.379 e. The molecule has 1 aromatic heterocycles. The zero-order chi connectivity index (χ0) is 20.3. The summed E-state index contributed by atoms with van der Waals surface area (Å²) >= 11 is 0. The summed E-state index contributed by atoms with van der Waals surface area (Å²) in [7, 11) is 0. The Labute approximate surface area is 161 Å². The van der Waals surface area contributed by atoms with Gasteiger partial charge < -0.3 is 10.1 Å².